The first-order valence-electron chi connectivity index (χ1n) is 7.76. The van der Waals surface area contributed by atoms with Gasteiger partial charge in [-0.05, 0) is 50.3 Å². The number of hydrogen-bond donors (Lipinski definition) is 2. The highest BCUT2D eigenvalue weighted by Gasteiger charge is 2.14. The predicted molar refractivity (Wildman–Crippen MR) is 102 cm³/mol. The largest absolute Gasteiger partial charge is 0.490 e. The zero-order valence-electron chi connectivity index (χ0n) is 14.4. The molecule has 0 spiro atoms. The third kappa shape index (κ3) is 7.95. The van der Waals surface area contributed by atoms with Crippen molar-refractivity contribution in [1.82, 2.24) is 5.32 Å². The van der Waals surface area contributed by atoms with Gasteiger partial charge in [0.15, 0.2) is 0 Å². The molecule has 23 heavy (non-hydrogen) atoms. The van der Waals surface area contributed by atoms with Crippen LogP contribution in [0.25, 0.3) is 0 Å². The Balaban J connectivity index is 0.00000484. The molecule has 1 aromatic rings. The smallest absolute Gasteiger partial charge is 0.237 e. The minimum atomic E-state index is -0.447. The maximum Gasteiger partial charge on any atom is 0.237 e. The summed E-state index contributed by atoms with van der Waals surface area (Å²) in [5.41, 5.74) is 8.00. The summed E-state index contributed by atoms with van der Waals surface area (Å²) in [6, 6.07) is 5.59. The molecule has 1 unspecified atom stereocenters. The van der Waals surface area contributed by atoms with E-state index in [4.69, 9.17) is 10.5 Å². The van der Waals surface area contributed by atoms with Crippen molar-refractivity contribution in [3.05, 3.63) is 29.3 Å². The molecule has 132 valence electrons. The van der Waals surface area contributed by atoms with Gasteiger partial charge in [0.05, 0.1) is 12.1 Å². The molecule has 0 aliphatic rings. The molecular formula is C17H29ClN2O2S. The van der Waals surface area contributed by atoms with Crippen LogP contribution < -0.4 is 15.8 Å². The van der Waals surface area contributed by atoms with Crippen molar-refractivity contribution in [1.29, 1.82) is 0 Å². The maximum atomic E-state index is 12.0. The number of ether oxygens (including phenoxy) is 1. The second kappa shape index (κ2) is 11.6. The fraction of sp³-hybridized carbons (Fsp3) is 0.588. The van der Waals surface area contributed by atoms with Crippen molar-refractivity contribution < 1.29 is 9.53 Å². The minimum Gasteiger partial charge on any atom is -0.490 e. The second-order valence-electron chi connectivity index (χ2n) is 5.55. The van der Waals surface area contributed by atoms with E-state index < -0.39 is 6.04 Å². The van der Waals surface area contributed by atoms with Crippen LogP contribution in [0.1, 0.15) is 37.8 Å². The number of nitrogens with one attached hydrogen (secondary N) is 1. The third-order valence-electron chi connectivity index (χ3n) is 3.55. The van der Waals surface area contributed by atoms with Crippen molar-refractivity contribution in [3.63, 3.8) is 0 Å². The molecule has 0 radical (unpaired) electrons. The van der Waals surface area contributed by atoms with Gasteiger partial charge in [-0.3, -0.25) is 4.79 Å². The summed E-state index contributed by atoms with van der Waals surface area (Å²) in [7, 11) is 0. The minimum absolute atomic E-state index is 0. The molecular weight excluding hydrogens is 332 g/mol. The Kier molecular flexibility index (Phi) is 11.1. The lowest BCUT2D eigenvalue weighted by Gasteiger charge is -2.18. The van der Waals surface area contributed by atoms with E-state index in [1.807, 2.05) is 38.3 Å². The van der Waals surface area contributed by atoms with Gasteiger partial charge in [0.1, 0.15) is 5.75 Å². The number of benzene rings is 1. The highest BCUT2D eigenvalue weighted by Crippen LogP contribution is 2.22. The van der Waals surface area contributed by atoms with Crippen LogP contribution in [0.2, 0.25) is 0 Å². The average Bonchev–Trinajstić information content (AvgIpc) is 2.51. The summed E-state index contributed by atoms with van der Waals surface area (Å²) in [6.45, 7) is 6.61. The standard InChI is InChI=1S/C17H28N2O2S.ClH/c1-5-13(3)21-16-10-12(2)6-7-14(16)11-19-17(20)15(18)8-9-22-4;/h6-7,10,13,15H,5,8-9,11,18H2,1-4H3,(H,19,20);1H/t13?,15-;/m0./s1. The van der Waals surface area contributed by atoms with Crippen LogP contribution in [0.15, 0.2) is 18.2 Å². The summed E-state index contributed by atoms with van der Waals surface area (Å²) in [5.74, 6) is 1.62. The molecule has 0 bridgehead atoms. The molecule has 1 aromatic carbocycles. The number of aryl methyl sites for hydroxylation is 1. The van der Waals surface area contributed by atoms with Crippen LogP contribution in [0.5, 0.6) is 5.75 Å². The molecule has 0 fully saturated rings. The molecule has 2 atom stereocenters. The molecule has 0 saturated heterocycles. The van der Waals surface area contributed by atoms with Crippen molar-refractivity contribution >= 4 is 30.1 Å². The Morgan fingerprint density at radius 2 is 2.13 bits per heavy atom. The zero-order chi connectivity index (χ0) is 16.5. The molecule has 0 aliphatic heterocycles. The molecule has 6 heteroatoms. The van der Waals surface area contributed by atoms with Crippen LogP contribution >= 0.6 is 24.2 Å². The number of rotatable bonds is 9. The maximum absolute atomic E-state index is 12.0. The number of nitrogens with two attached hydrogens (primary N) is 1. The topological polar surface area (TPSA) is 64.3 Å². The van der Waals surface area contributed by atoms with Gasteiger partial charge in [0, 0.05) is 12.1 Å². The average molecular weight is 361 g/mol. The first-order chi connectivity index (χ1) is 10.5. The van der Waals surface area contributed by atoms with Gasteiger partial charge in [0.25, 0.3) is 0 Å². The summed E-state index contributed by atoms with van der Waals surface area (Å²) >= 11 is 1.70. The summed E-state index contributed by atoms with van der Waals surface area (Å²) < 4.78 is 5.95. The first kappa shape index (κ1) is 22.1. The van der Waals surface area contributed by atoms with Crippen LogP contribution in [0.4, 0.5) is 0 Å². The first-order valence-corrected chi connectivity index (χ1v) is 9.15. The Bertz CT molecular complexity index is 486. The van der Waals surface area contributed by atoms with E-state index in [-0.39, 0.29) is 24.4 Å². The molecule has 4 nitrogen and oxygen atoms in total. The van der Waals surface area contributed by atoms with Gasteiger partial charge in [-0.25, -0.2) is 0 Å². The van der Waals surface area contributed by atoms with Crippen molar-refractivity contribution in [2.45, 2.75) is 52.3 Å². The monoisotopic (exact) mass is 360 g/mol. The highest BCUT2D eigenvalue weighted by molar-refractivity contribution is 7.98. The summed E-state index contributed by atoms with van der Waals surface area (Å²) in [6.07, 6.45) is 3.80. The van der Waals surface area contributed by atoms with Gasteiger partial charge in [0.2, 0.25) is 5.91 Å². The predicted octanol–water partition coefficient (Wildman–Crippen LogP) is 3.29. The number of carbonyl (C=O) groups excluding carboxylic acids is 1. The second-order valence-corrected chi connectivity index (χ2v) is 6.54. The van der Waals surface area contributed by atoms with Crippen LogP contribution in [0.3, 0.4) is 0 Å². The van der Waals surface area contributed by atoms with Crippen LogP contribution in [-0.2, 0) is 11.3 Å². The molecule has 0 aliphatic carbocycles. The molecule has 1 amide bonds. The van der Waals surface area contributed by atoms with Gasteiger partial charge in [-0.1, -0.05) is 19.1 Å². The number of amides is 1. The number of halogens is 1. The van der Waals surface area contributed by atoms with Crippen LogP contribution in [0, 0.1) is 6.92 Å². The lowest BCUT2D eigenvalue weighted by molar-refractivity contribution is -0.122. The number of carbonyl (C=O) groups is 1. The zero-order valence-corrected chi connectivity index (χ0v) is 16.1. The lowest BCUT2D eigenvalue weighted by Crippen LogP contribution is -2.40. The number of hydrogen-bond acceptors (Lipinski definition) is 4. The third-order valence-corrected chi connectivity index (χ3v) is 4.19. The van der Waals surface area contributed by atoms with Crippen LogP contribution in [-0.4, -0.2) is 30.1 Å². The van der Waals surface area contributed by atoms with Crippen molar-refractivity contribution in [2.24, 2.45) is 5.73 Å². The molecule has 0 heterocycles. The van der Waals surface area contributed by atoms with E-state index >= 15 is 0 Å². The molecule has 3 N–H and O–H groups in total. The van der Waals surface area contributed by atoms with Crippen molar-refractivity contribution in [2.75, 3.05) is 12.0 Å². The fourth-order valence-corrected chi connectivity index (χ4v) is 2.40. The van der Waals surface area contributed by atoms with Gasteiger partial charge in [-0.15, -0.1) is 12.4 Å². The van der Waals surface area contributed by atoms with Crippen molar-refractivity contribution in [3.8, 4) is 5.75 Å². The SMILES string of the molecule is CCC(C)Oc1cc(C)ccc1CNC(=O)[C@@H](N)CCSC.Cl. The van der Waals surface area contributed by atoms with Gasteiger partial charge < -0.3 is 15.8 Å². The van der Waals surface area contributed by atoms with E-state index in [0.29, 0.717) is 13.0 Å². The summed E-state index contributed by atoms with van der Waals surface area (Å²) in [5, 5.41) is 2.91. The highest BCUT2D eigenvalue weighted by atomic mass is 35.5. The van der Waals surface area contributed by atoms with E-state index in [1.165, 1.54) is 0 Å². The van der Waals surface area contributed by atoms with Gasteiger partial charge >= 0.3 is 0 Å². The van der Waals surface area contributed by atoms with E-state index in [9.17, 15) is 4.79 Å². The lowest BCUT2D eigenvalue weighted by atomic mass is 10.1. The molecule has 1 rings (SSSR count). The quantitative estimate of drug-likeness (QED) is 0.709. The Morgan fingerprint density at radius 1 is 1.43 bits per heavy atom. The van der Waals surface area contributed by atoms with Gasteiger partial charge in [-0.2, -0.15) is 11.8 Å². The molecule has 0 aromatic heterocycles. The Labute approximate surface area is 150 Å². The van der Waals surface area contributed by atoms with E-state index in [1.54, 1.807) is 11.8 Å². The number of thioether (sulfide) groups is 1. The normalized spacial score (nSPS) is 12.9. The Morgan fingerprint density at radius 3 is 2.74 bits per heavy atom. The Hall–Kier alpha value is -0.910. The van der Waals surface area contributed by atoms with E-state index in [2.05, 4.69) is 12.2 Å². The fourth-order valence-electron chi connectivity index (χ4n) is 1.91. The van der Waals surface area contributed by atoms with E-state index in [0.717, 1.165) is 29.1 Å². The summed E-state index contributed by atoms with van der Waals surface area (Å²) in [4.78, 5) is 12.0. The molecule has 0 saturated carbocycles.